The molecule has 0 saturated heterocycles. The molecule has 160 valence electrons. The summed E-state index contributed by atoms with van der Waals surface area (Å²) in [6.45, 7) is 0.958. The number of nitrogens with one attached hydrogen (secondary N) is 1. The van der Waals surface area contributed by atoms with Gasteiger partial charge in [-0.1, -0.05) is 0 Å². The third kappa shape index (κ3) is 4.28. The summed E-state index contributed by atoms with van der Waals surface area (Å²) in [5.41, 5.74) is -1.17. The third-order valence-corrected chi connectivity index (χ3v) is 3.08. The fraction of sp³-hybridized carbons (Fsp3) is 0.462. The molecule has 15 heteroatoms. The highest BCUT2D eigenvalue weighted by Gasteiger charge is 2.79. The number of rotatable bonds is 5. The standard InChI is InChI=1S/C13H7F12NO2/c1-5-4-6(14)2-3-7(5)26-8(27)9(15,11(18,19)20)28-13(24,25)10(16,17)12(21,22)23/h2-4H,1H3,(H,26,27). The van der Waals surface area contributed by atoms with Crippen molar-refractivity contribution in [1.82, 2.24) is 0 Å². The van der Waals surface area contributed by atoms with E-state index in [-0.39, 0.29) is 5.56 Å². The van der Waals surface area contributed by atoms with Crippen LogP contribution >= 0.6 is 0 Å². The van der Waals surface area contributed by atoms with Crippen LogP contribution in [0.4, 0.5) is 58.4 Å². The molecule has 1 aromatic carbocycles. The van der Waals surface area contributed by atoms with Crippen molar-refractivity contribution in [2.45, 2.75) is 37.2 Å². The number of aryl methyl sites for hydroxylation is 1. The maximum absolute atomic E-state index is 14.0. The van der Waals surface area contributed by atoms with Gasteiger partial charge in [0.15, 0.2) is 0 Å². The Morgan fingerprint density at radius 2 is 1.39 bits per heavy atom. The second-order valence-electron chi connectivity index (χ2n) is 5.20. The first-order chi connectivity index (χ1) is 12.3. The van der Waals surface area contributed by atoms with Crippen molar-refractivity contribution in [2.24, 2.45) is 0 Å². The number of carbonyl (C=O) groups excluding carboxylic acids is 1. The molecule has 0 aromatic heterocycles. The van der Waals surface area contributed by atoms with Crippen LogP contribution in [0.1, 0.15) is 5.56 Å². The molecule has 0 aliphatic heterocycles. The van der Waals surface area contributed by atoms with E-state index >= 15 is 0 Å². The highest BCUT2D eigenvalue weighted by Crippen LogP contribution is 2.51. The summed E-state index contributed by atoms with van der Waals surface area (Å²) < 4.78 is 155. The van der Waals surface area contributed by atoms with Gasteiger partial charge >= 0.3 is 30.2 Å². The van der Waals surface area contributed by atoms with Crippen molar-refractivity contribution in [2.75, 3.05) is 5.32 Å². The zero-order valence-corrected chi connectivity index (χ0v) is 13.1. The van der Waals surface area contributed by atoms with Crippen LogP contribution < -0.4 is 5.32 Å². The number of alkyl halides is 11. The number of anilines is 1. The molecule has 3 nitrogen and oxygen atoms in total. The maximum Gasteiger partial charge on any atom is 0.462 e. The molecule has 0 fully saturated rings. The van der Waals surface area contributed by atoms with Crippen molar-refractivity contribution >= 4 is 11.6 Å². The lowest BCUT2D eigenvalue weighted by molar-refractivity contribution is -0.472. The van der Waals surface area contributed by atoms with Crippen LogP contribution in [0.2, 0.25) is 0 Å². The fourth-order valence-electron chi connectivity index (χ4n) is 1.61. The van der Waals surface area contributed by atoms with Gasteiger partial charge in [0.2, 0.25) is 0 Å². The second-order valence-corrected chi connectivity index (χ2v) is 5.20. The van der Waals surface area contributed by atoms with Gasteiger partial charge < -0.3 is 5.32 Å². The van der Waals surface area contributed by atoms with E-state index in [9.17, 15) is 57.5 Å². The summed E-state index contributed by atoms with van der Waals surface area (Å²) >= 11 is 0. The summed E-state index contributed by atoms with van der Waals surface area (Å²) in [5, 5.41) is 1.01. The van der Waals surface area contributed by atoms with E-state index in [1.165, 1.54) is 0 Å². The monoisotopic (exact) mass is 437 g/mol. The van der Waals surface area contributed by atoms with E-state index in [0.717, 1.165) is 12.2 Å². The summed E-state index contributed by atoms with van der Waals surface area (Å²) in [4.78, 5) is 11.5. The molecule has 1 atom stereocenters. The van der Waals surface area contributed by atoms with E-state index in [4.69, 9.17) is 0 Å². The minimum Gasteiger partial charge on any atom is -0.321 e. The topological polar surface area (TPSA) is 38.3 Å². The molecular formula is C13H7F12NO2. The summed E-state index contributed by atoms with van der Waals surface area (Å²) in [5.74, 6) is -17.8. The van der Waals surface area contributed by atoms with Gasteiger partial charge in [-0.2, -0.15) is 48.3 Å². The normalized spacial score (nSPS) is 15.9. The summed E-state index contributed by atoms with van der Waals surface area (Å²) in [6.07, 6.45) is -21.1. The molecule has 0 spiro atoms. The van der Waals surface area contributed by atoms with Gasteiger partial charge in [-0.15, -0.1) is 0 Å². The van der Waals surface area contributed by atoms with Gasteiger partial charge in [-0.3, -0.25) is 9.53 Å². The van der Waals surface area contributed by atoms with E-state index in [0.29, 0.717) is 18.2 Å². The van der Waals surface area contributed by atoms with Crippen LogP contribution in [0.25, 0.3) is 0 Å². The number of benzene rings is 1. The summed E-state index contributed by atoms with van der Waals surface area (Å²) in [6, 6.07) is 1.67. The minimum absolute atomic E-state index is 0.370. The molecule has 0 heterocycles. The lowest BCUT2D eigenvalue weighted by atomic mass is 10.1. The zero-order valence-electron chi connectivity index (χ0n) is 13.1. The Bertz CT molecular complexity index is 742. The van der Waals surface area contributed by atoms with Crippen LogP contribution in [0.3, 0.4) is 0 Å². The molecule has 0 bridgehead atoms. The Kier molecular flexibility index (Phi) is 5.97. The number of hydrogen-bond acceptors (Lipinski definition) is 2. The largest absolute Gasteiger partial charge is 0.462 e. The highest BCUT2D eigenvalue weighted by atomic mass is 19.4. The van der Waals surface area contributed by atoms with Gasteiger partial charge in [0, 0.05) is 5.69 Å². The summed E-state index contributed by atoms with van der Waals surface area (Å²) in [7, 11) is 0. The molecule has 28 heavy (non-hydrogen) atoms. The maximum atomic E-state index is 14.0. The first-order valence-corrected chi connectivity index (χ1v) is 6.62. The van der Waals surface area contributed by atoms with Crippen LogP contribution in [-0.4, -0.2) is 36.1 Å². The lowest BCUT2D eigenvalue weighted by Crippen LogP contribution is -2.62. The quantitative estimate of drug-likeness (QED) is 0.651. The Morgan fingerprint density at radius 1 is 0.893 bits per heavy atom. The second kappa shape index (κ2) is 7.00. The predicted molar refractivity (Wildman–Crippen MR) is 66.7 cm³/mol. The Labute approximate surface area is 147 Å². The molecule has 1 rings (SSSR count). The van der Waals surface area contributed by atoms with Gasteiger partial charge in [0.05, 0.1) is 0 Å². The number of ether oxygens (including phenoxy) is 1. The number of hydrogen-bond donors (Lipinski definition) is 1. The first kappa shape index (κ1) is 23.8. The Morgan fingerprint density at radius 3 is 1.79 bits per heavy atom. The third-order valence-electron chi connectivity index (χ3n) is 3.08. The van der Waals surface area contributed by atoms with E-state index < -0.39 is 47.7 Å². The van der Waals surface area contributed by atoms with Crippen molar-refractivity contribution in [3.05, 3.63) is 29.6 Å². The fourth-order valence-corrected chi connectivity index (χ4v) is 1.61. The average molecular weight is 437 g/mol. The minimum atomic E-state index is -7.28. The van der Waals surface area contributed by atoms with Gasteiger partial charge in [-0.25, -0.2) is 4.39 Å². The van der Waals surface area contributed by atoms with Gasteiger partial charge in [0.25, 0.3) is 5.91 Å². The molecule has 0 aliphatic carbocycles. The lowest BCUT2D eigenvalue weighted by Gasteiger charge is -2.34. The molecule has 0 saturated carbocycles. The first-order valence-electron chi connectivity index (χ1n) is 6.62. The smallest absolute Gasteiger partial charge is 0.321 e. The van der Waals surface area contributed by atoms with Crippen molar-refractivity contribution < 1.29 is 62.2 Å². The molecule has 0 radical (unpaired) electrons. The van der Waals surface area contributed by atoms with Crippen LogP contribution in [0.5, 0.6) is 0 Å². The van der Waals surface area contributed by atoms with Crippen LogP contribution in [-0.2, 0) is 9.53 Å². The molecule has 0 aliphatic rings. The molecular weight excluding hydrogens is 430 g/mol. The average Bonchev–Trinajstić information content (AvgIpc) is 2.46. The van der Waals surface area contributed by atoms with Crippen LogP contribution in [0.15, 0.2) is 18.2 Å². The predicted octanol–water partition coefficient (Wildman–Crippen LogP) is 5.11. The molecule has 1 unspecified atom stereocenters. The number of halogens is 12. The van der Waals surface area contributed by atoms with Crippen molar-refractivity contribution in [1.29, 1.82) is 0 Å². The number of amides is 1. The van der Waals surface area contributed by atoms with E-state index in [2.05, 4.69) is 4.74 Å². The van der Waals surface area contributed by atoms with Gasteiger partial charge in [0.1, 0.15) is 5.82 Å². The molecule has 1 N–H and O–H groups in total. The van der Waals surface area contributed by atoms with Crippen LogP contribution in [0, 0.1) is 12.7 Å². The SMILES string of the molecule is Cc1cc(F)ccc1NC(=O)C(F)(OC(F)(F)C(F)(F)C(F)(F)F)C(F)(F)F. The molecule has 1 amide bonds. The van der Waals surface area contributed by atoms with Gasteiger partial charge in [-0.05, 0) is 30.7 Å². The number of carbonyl (C=O) groups is 1. The van der Waals surface area contributed by atoms with E-state index in [1.807, 2.05) is 0 Å². The molecule has 1 aromatic rings. The zero-order chi connectivity index (χ0) is 22.3. The van der Waals surface area contributed by atoms with Crippen molar-refractivity contribution in [3.8, 4) is 0 Å². The van der Waals surface area contributed by atoms with E-state index in [1.54, 1.807) is 0 Å². The Balaban J connectivity index is 3.34. The highest BCUT2D eigenvalue weighted by molar-refractivity contribution is 5.97. The van der Waals surface area contributed by atoms with Crippen molar-refractivity contribution in [3.63, 3.8) is 0 Å². The Hall–Kier alpha value is -2.19.